The third-order valence-corrected chi connectivity index (χ3v) is 1.42. The highest BCUT2D eigenvalue weighted by molar-refractivity contribution is 5.41. The minimum Gasteiger partial charge on any atom is -0.503 e. The van der Waals surface area contributed by atoms with Crippen molar-refractivity contribution in [2.45, 2.75) is 6.23 Å². The normalized spacial score (nSPS) is 12.6. The molecule has 0 aliphatic rings. The van der Waals surface area contributed by atoms with Crippen LogP contribution in [0, 0.1) is 0 Å². The van der Waals surface area contributed by atoms with Crippen molar-refractivity contribution in [2.24, 2.45) is 5.73 Å². The highest BCUT2D eigenvalue weighted by atomic mass is 16.5. The second kappa shape index (κ2) is 3.38. The first kappa shape index (κ1) is 8.76. The second-order valence-electron chi connectivity index (χ2n) is 2.19. The van der Waals surface area contributed by atoms with Crippen molar-refractivity contribution >= 4 is 0 Å². The lowest BCUT2D eigenvalue weighted by Gasteiger charge is -2.08. The lowest BCUT2D eigenvalue weighted by atomic mass is 10.3. The van der Waals surface area contributed by atoms with Gasteiger partial charge in [0.05, 0.1) is 7.11 Å². The predicted molar refractivity (Wildman–Crippen MR) is 41.6 cm³/mol. The van der Waals surface area contributed by atoms with Gasteiger partial charge in [0.1, 0.15) is 11.9 Å². The Labute approximate surface area is 69.4 Å². The van der Waals surface area contributed by atoms with E-state index in [1.54, 1.807) is 0 Å². The van der Waals surface area contributed by atoms with Crippen LogP contribution in [0.15, 0.2) is 12.3 Å². The molecule has 0 fully saturated rings. The summed E-state index contributed by atoms with van der Waals surface area (Å²) < 4.78 is 4.78. The maximum absolute atomic E-state index is 9.33. The van der Waals surface area contributed by atoms with E-state index >= 15 is 0 Å². The molecule has 5 heteroatoms. The fourth-order valence-corrected chi connectivity index (χ4v) is 0.833. The van der Waals surface area contributed by atoms with E-state index in [2.05, 4.69) is 4.98 Å². The number of aliphatic hydroxyl groups is 1. The zero-order valence-corrected chi connectivity index (χ0v) is 6.56. The van der Waals surface area contributed by atoms with Gasteiger partial charge in [-0.1, -0.05) is 0 Å². The SMILES string of the molecule is COc1ccnc(C(N)O)c1O. The molecule has 1 aromatic rings. The van der Waals surface area contributed by atoms with Gasteiger partial charge in [-0.15, -0.1) is 0 Å². The van der Waals surface area contributed by atoms with Gasteiger partial charge >= 0.3 is 0 Å². The summed E-state index contributed by atoms with van der Waals surface area (Å²) in [5.41, 5.74) is 5.12. The summed E-state index contributed by atoms with van der Waals surface area (Å²) >= 11 is 0. The summed E-state index contributed by atoms with van der Waals surface area (Å²) in [6.07, 6.45) is 0.101. The summed E-state index contributed by atoms with van der Waals surface area (Å²) in [4.78, 5) is 3.68. The molecule has 1 unspecified atom stereocenters. The van der Waals surface area contributed by atoms with Gasteiger partial charge in [0.2, 0.25) is 0 Å². The Morgan fingerprint density at radius 2 is 2.33 bits per heavy atom. The number of aromatic hydroxyl groups is 1. The van der Waals surface area contributed by atoms with Crippen LogP contribution in [-0.4, -0.2) is 22.3 Å². The molecule has 0 saturated heterocycles. The quantitative estimate of drug-likeness (QED) is 0.532. The highest BCUT2D eigenvalue weighted by Crippen LogP contribution is 2.29. The van der Waals surface area contributed by atoms with Gasteiger partial charge in [-0.05, 0) is 0 Å². The average molecular weight is 170 g/mol. The standard InChI is InChI=1S/C7H10N2O3/c1-12-4-2-3-9-5(6(4)10)7(8)11/h2-3,7,10-11H,8H2,1H3. The molecular formula is C7H10N2O3. The number of aliphatic hydroxyl groups excluding tert-OH is 1. The van der Waals surface area contributed by atoms with E-state index in [9.17, 15) is 5.11 Å². The number of aromatic nitrogens is 1. The third kappa shape index (κ3) is 1.46. The monoisotopic (exact) mass is 170 g/mol. The number of ether oxygens (including phenoxy) is 1. The van der Waals surface area contributed by atoms with Gasteiger partial charge in [0, 0.05) is 12.3 Å². The van der Waals surface area contributed by atoms with Gasteiger partial charge in [-0.3, -0.25) is 4.98 Å². The van der Waals surface area contributed by atoms with Crippen LogP contribution >= 0.6 is 0 Å². The summed E-state index contributed by atoms with van der Waals surface area (Å²) in [7, 11) is 1.40. The minimum absolute atomic E-state index is 0.00866. The van der Waals surface area contributed by atoms with E-state index in [1.165, 1.54) is 19.4 Å². The molecule has 1 rings (SSSR count). The van der Waals surface area contributed by atoms with Gasteiger partial charge < -0.3 is 20.7 Å². The van der Waals surface area contributed by atoms with E-state index in [-0.39, 0.29) is 17.2 Å². The molecule has 0 aromatic carbocycles. The van der Waals surface area contributed by atoms with Crippen LogP contribution in [0.5, 0.6) is 11.5 Å². The van der Waals surface area contributed by atoms with Crippen LogP contribution in [-0.2, 0) is 0 Å². The molecule has 1 aromatic heterocycles. The smallest absolute Gasteiger partial charge is 0.183 e. The van der Waals surface area contributed by atoms with E-state index in [0.717, 1.165) is 0 Å². The molecule has 0 saturated carbocycles. The van der Waals surface area contributed by atoms with Crippen molar-refractivity contribution in [3.05, 3.63) is 18.0 Å². The third-order valence-electron chi connectivity index (χ3n) is 1.42. The van der Waals surface area contributed by atoms with E-state index in [4.69, 9.17) is 15.6 Å². The molecule has 0 aliphatic heterocycles. The zero-order chi connectivity index (χ0) is 9.14. The van der Waals surface area contributed by atoms with Gasteiger partial charge in [0.25, 0.3) is 0 Å². The van der Waals surface area contributed by atoms with Crippen LogP contribution < -0.4 is 10.5 Å². The van der Waals surface area contributed by atoms with Crippen LogP contribution in [0.4, 0.5) is 0 Å². The second-order valence-corrected chi connectivity index (χ2v) is 2.19. The Morgan fingerprint density at radius 3 is 2.83 bits per heavy atom. The molecule has 0 radical (unpaired) electrons. The van der Waals surface area contributed by atoms with Gasteiger partial charge in [-0.25, -0.2) is 0 Å². The number of methoxy groups -OCH3 is 1. The van der Waals surface area contributed by atoms with Crippen molar-refractivity contribution in [3.8, 4) is 11.5 Å². The van der Waals surface area contributed by atoms with Crippen molar-refractivity contribution < 1.29 is 14.9 Å². The predicted octanol–water partition coefficient (Wildman–Crippen LogP) is -0.255. The highest BCUT2D eigenvalue weighted by Gasteiger charge is 2.12. The Kier molecular flexibility index (Phi) is 2.47. The first-order valence-corrected chi connectivity index (χ1v) is 3.32. The van der Waals surface area contributed by atoms with E-state index in [0.29, 0.717) is 0 Å². The van der Waals surface area contributed by atoms with E-state index in [1.807, 2.05) is 0 Å². The molecule has 0 aliphatic carbocycles. The molecule has 0 spiro atoms. The Bertz CT molecular complexity index is 275. The molecule has 1 heterocycles. The fourth-order valence-electron chi connectivity index (χ4n) is 0.833. The molecule has 0 amide bonds. The number of nitrogens with zero attached hydrogens (tertiary/aromatic N) is 1. The summed E-state index contributed by atoms with van der Waals surface area (Å²) in [5.74, 6) is 0.0134. The van der Waals surface area contributed by atoms with Crippen molar-refractivity contribution in [3.63, 3.8) is 0 Å². The van der Waals surface area contributed by atoms with Gasteiger partial charge in [0.15, 0.2) is 11.5 Å². The number of hydrogen-bond donors (Lipinski definition) is 3. The Balaban J connectivity index is 3.14. The van der Waals surface area contributed by atoms with Crippen LogP contribution in [0.25, 0.3) is 0 Å². The van der Waals surface area contributed by atoms with Crippen molar-refractivity contribution in [1.29, 1.82) is 0 Å². The zero-order valence-electron chi connectivity index (χ0n) is 6.56. The topological polar surface area (TPSA) is 88.6 Å². The largest absolute Gasteiger partial charge is 0.503 e. The van der Waals surface area contributed by atoms with Crippen molar-refractivity contribution in [1.82, 2.24) is 4.98 Å². The average Bonchev–Trinajstić information content (AvgIpc) is 2.04. The maximum Gasteiger partial charge on any atom is 0.183 e. The molecule has 66 valence electrons. The molecular weight excluding hydrogens is 160 g/mol. The van der Waals surface area contributed by atoms with Crippen molar-refractivity contribution in [2.75, 3.05) is 7.11 Å². The lowest BCUT2D eigenvalue weighted by molar-refractivity contribution is 0.175. The minimum atomic E-state index is -1.29. The molecule has 0 bridgehead atoms. The summed E-state index contributed by atoms with van der Waals surface area (Å²) in [6, 6.07) is 1.47. The molecule has 5 nitrogen and oxygen atoms in total. The molecule has 12 heavy (non-hydrogen) atoms. The molecule has 4 N–H and O–H groups in total. The summed E-state index contributed by atoms with van der Waals surface area (Å²) in [5, 5.41) is 18.3. The number of pyridine rings is 1. The van der Waals surface area contributed by atoms with Gasteiger partial charge in [-0.2, -0.15) is 0 Å². The Morgan fingerprint density at radius 1 is 1.67 bits per heavy atom. The number of hydrogen-bond acceptors (Lipinski definition) is 5. The van der Waals surface area contributed by atoms with Crippen LogP contribution in [0.3, 0.4) is 0 Å². The van der Waals surface area contributed by atoms with E-state index < -0.39 is 6.23 Å². The first-order valence-electron chi connectivity index (χ1n) is 3.32. The number of nitrogens with two attached hydrogens (primary N) is 1. The van der Waals surface area contributed by atoms with Crippen LogP contribution in [0.1, 0.15) is 11.9 Å². The Hall–Kier alpha value is -1.33. The first-order chi connectivity index (χ1) is 5.66. The maximum atomic E-state index is 9.33. The lowest BCUT2D eigenvalue weighted by Crippen LogP contribution is -2.10. The number of rotatable bonds is 2. The summed E-state index contributed by atoms with van der Waals surface area (Å²) in [6.45, 7) is 0. The fraction of sp³-hybridized carbons (Fsp3) is 0.286. The molecule has 1 atom stereocenters. The van der Waals surface area contributed by atoms with Crippen LogP contribution in [0.2, 0.25) is 0 Å².